The molecule has 2 heterocycles. The number of hydrogen-bond acceptors (Lipinski definition) is 4. The second-order valence-electron chi connectivity index (χ2n) is 7.29. The number of anilines is 2. The van der Waals surface area contributed by atoms with Crippen LogP contribution in [0.1, 0.15) is 33.3 Å². The molecule has 25 heavy (non-hydrogen) atoms. The van der Waals surface area contributed by atoms with Gasteiger partial charge < -0.3 is 15.0 Å². The van der Waals surface area contributed by atoms with E-state index in [0.717, 1.165) is 36.4 Å². The fraction of sp³-hybridized carbons (Fsp3) is 0.579. The number of amides is 2. The molecule has 1 aromatic rings. The summed E-state index contributed by atoms with van der Waals surface area (Å²) in [4.78, 5) is 28.1. The highest BCUT2D eigenvalue weighted by Gasteiger charge is 2.29. The van der Waals surface area contributed by atoms with E-state index in [4.69, 9.17) is 4.74 Å². The Kier molecular flexibility index (Phi) is 5.11. The monoisotopic (exact) mass is 345 g/mol. The van der Waals surface area contributed by atoms with Gasteiger partial charge in [0, 0.05) is 37.4 Å². The minimum Gasteiger partial charge on any atom is -0.373 e. The van der Waals surface area contributed by atoms with Crippen molar-refractivity contribution in [3.05, 3.63) is 23.8 Å². The van der Waals surface area contributed by atoms with Gasteiger partial charge in [-0.25, -0.2) is 0 Å². The number of benzene rings is 1. The van der Waals surface area contributed by atoms with Crippen molar-refractivity contribution < 1.29 is 14.3 Å². The molecule has 1 aromatic carbocycles. The Bertz CT molecular complexity index is 666. The third-order valence-electron chi connectivity index (χ3n) is 4.78. The van der Waals surface area contributed by atoms with Gasteiger partial charge in [0.05, 0.1) is 18.8 Å². The van der Waals surface area contributed by atoms with Crippen LogP contribution in [0.4, 0.5) is 11.4 Å². The van der Waals surface area contributed by atoms with E-state index in [9.17, 15) is 9.59 Å². The molecule has 6 nitrogen and oxygen atoms in total. The predicted molar refractivity (Wildman–Crippen MR) is 97.8 cm³/mol. The van der Waals surface area contributed by atoms with Crippen molar-refractivity contribution in [1.29, 1.82) is 0 Å². The van der Waals surface area contributed by atoms with Crippen LogP contribution in [-0.4, -0.2) is 54.6 Å². The van der Waals surface area contributed by atoms with Gasteiger partial charge in [-0.15, -0.1) is 0 Å². The second kappa shape index (κ2) is 7.14. The first-order chi connectivity index (χ1) is 11.8. The van der Waals surface area contributed by atoms with Crippen LogP contribution >= 0.6 is 0 Å². The average Bonchev–Trinajstić information content (AvgIpc) is 2.80. The molecule has 3 rings (SSSR count). The van der Waals surface area contributed by atoms with E-state index in [1.165, 1.54) is 0 Å². The van der Waals surface area contributed by atoms with E-state index in [1.54, 1.807) is 6.92 Å². The zero-order chi connectivity index (χ0) is 18.1. The number of carbonyl (C=O) groups excluding carboxylic acids is 2. The summed E-state index contributed by atoms with van der Waals surface area (Å²) in [5.74, 6) is 0.0364. The lowest BCUT2D eigenvalue weighted by Crippen LogP contribution is -2.48. The molecule has 1 fully saturated rings. The van der Waals surface area contributed by atoms with Gasteiger partial charge in [0.1, 0.15) is 0 Å². The third-order valence-corrected chi connectivity index (χ3v) is 4.78. The summed E-state index contributed by atoms with van der Waals surface area (Å²) in [5.41, 5.74) is 2.85. The SMILES string of the molecule is CC(=O)N1c2ccc(NC(=O)CN3C[C@H](C)O[C@@H](C)C3)cc2C[C@@H]1C. The summed E-state index contributed by atoms with van der Waals surface area (Å²) in [7, 11) is 0. The smallest absolute Gasteiger partial charge is 0.238 e. The van der Waals surface area contributed by atoms with Gasteiger partial charge in [0.25, 0.3) is 0 Å². The topological polar surface area (TPSA) is 61.9 Å². The Morgan fingerprint density at radius 3 is 2.52 bits per heavy atom. The number of fused-ring (bicyclic) bond motifs is 1. The van der Waals surface area contributed by atoms with Crippen LogP contribution in [-0.2, 0) is 20.7 Å². The van der Waals surface area contributed by atoms with Crippen molar-refractivity contribution in [1.82, 2.24) is 4.90 Å². The fourth-order valence-electron chi connectivity index (χ4n) is 4.01. The van der Waals surface area contributed by atoms with Gasteiger partial charge in [-0.05, 0) is 51.0 Å². The molecule has 2 aliphatic rings. The third kappa shape index (κ3) is 4.02. The van der Waals surface area contributed by atoms with E-state index < -0.39 is 0 Å². The van der Waals surface area contributed by atoms with Crippen molar-refractivity contribution in [2.75, 3.05) is 29.9 Å². The maximum absolute atomic E-state index is 12.4. The first kappa shape index (κ1) is 17.9. The molecule has 0 aromatic heterocycles. The number of morpholine rings is 1. The van der Waals surface area contributed by atoms with Crippen LogP contribution in [0.2, 0.25) is 0 Å². The van der Waals surface area contributed by atoms with Gasteiger partial charge in [-0.1, -0.05) is 0 Å². The largest absolute Gasteiger partial charge is 0.373 e. The Labute approximate surface area is 149 Å². The summed E-state index contributed by atoms with van der Waals surface area (Å²) in [5, 5.41) is 2.98. The summed E-state index contributed by atoms with van der Waals surface area (Å²) in [6.45, 7) is 9.60. The van der Waals surface area contributed by atoms with Crippen LogP contribution < -0.4 is 10.2 Å². The number of nitrogens with one attached hydrogen (secondary N) is 1. The second-order valence-corrected chi connectivity index (χ2v) is 7.29. The minimum absolute atomic E-state index is 0.0179. The lowest BCUT2D eigenvalue weighted by Gasteiger charge is -2.34. The quantitative estimate of drug-likeness (QED) is 0.911. The molecule has 0 spiro atoms. The van der Waals surface area contributed by atoms with Gasteiger partial charge in [0.2, 0.25) is 11.8 Å². The number of nitrogens with zero attached hydrogens (tertiary/aromatic N) is 2. The molecule has 0 saturated carbocycles. The van der Waals surface area contributed by atoms with Crippen LogP contribution in [0.25, 0.3) is 0 Å². The fourth-order valence-corrected chi connectivity index (χ4v) is 4.01. The molecule has 2 amide bonds. The van der Waals surface area contributed by atoms with E-state index in [0.29, 0.717) is 6.54 Å². The normalized spacial score (nSPS) is 26.4. The van der Waals surface area contributed by atoms with Crippen molar-refractivity contribution in [3.63, 3.8) is 0 Å². The van der Waals surface area contributed by atoms with Crippen molar-refractivity contribution in [2.45, 2.75) is 52.4 Å². The zero-order valence-electron chi connectivity index (χ0n) is 15.4. The first-order valence-electron chi connectivity index (χ1n) is 8.94. The first-order valence-corrected chi connectivity index (χ1v) is 8.94. The van der Waals surface area contributed by atoms with Crippen molar-refractivity contribution in [3.8, 4) is 0 Å². The van der Waals surface area contributed by atoms with Gasteiger partial charge in [0.15, 0.2) is 0 Å². The lowest BCUT2D eigenvalue weighted by molar-refractivity contribution is -0.121. The Morgan fingerprint density at radius 2 is 1.88 bits per heavy atom. The van der Waals surface area contributed by atoms with E-state index in [1.807, 2.05) is 43.9 Å². The number of carbonyl (C=O) groups is 2. The van der Waals surface area contributed by atoms with Gasteiger partial charge >= 0.3 is 0 Å². The number of rotatable bonds is 3. The Hall–Kier alpha value is -1.92. The van der Waals surface area contributed by atoms with Crippen LogP contribution in [0.15, 0.2) is 18.2 Å². The standard InChI is InChI=1S/C19H27N3O3/c1-12-7-16-8-17(5-6-18(16)22(12)15(4)23)20-19(24)11-21-9-13(2)25-14(3)10-21/h5-6,8,12-14H,7,9-11H2,1-4H3,(H,20,24)/t12-,13-,14-/m0/s1. The van der Waals surface area contributed by atoms with E-state index >= 15 is 0 Å². The summed E-state index contributed by atoms with van der Waals surface area (Å²) >= 11 is 0. The van der Waals surface area contributed by atoms with E-state index in [2.05, 4.69) is 10.2 Å². The lowest BCUT2D eigenvalue weighted by atomic mass is 10.1. The molecule has 1 saturated heterocycles. The van der Waals surface area contributed by atoms with Crippen LogP contribution in [0, 0.1) is 0 Å². The maximum atomic E-state index is 12.4. The van der Waals surface area contributed by atoms with Crippen LogP contribution in [0.5, 0.6) is 0 Å². The molecule has 1 N–H and O–H groups in total. The minimum atomic E-state index is -0.0179. The molecular weight excluding hydrogens is 318 g/mol. The summed E-state index contributed by atoms with van der Waals surface area (Å²) in [6, 6.07) is 5.94. The average molecular weight is 345 g/mol. The Balaban J connectivity index is 1.63. The van der Waals surface area contributed by atoms with E-state index in [-0.39, 0.29) is 30.1 Å². The highest BCUT2D eigenvalue weighted by molar-refractivity contribution is 5.96. The number of ether oxygens (including phenoxy) is 1. The molecule has 0 bridgehead atoms. The summed E-state index contributed by atoms with van der Waals surface area (Å²) < 4.78 is 5.70. The predicted octanol–water partition coefficient (Wildman–Crippen LogP) is 2.03. The number of hydrogen-bond donors (Lipinski definition) is 1. The highest BCUT2D eigenvalue weighted by atomic mass is 16.5. The maximum Gasteiger partial charge on any atom is 0.238 e. The molecule has 6 heteroatoms. The molecule has 136 valence electrons. The highest BCUT2D eigenvalue weighted by Crippen LogP contribution is 2.34. The molecular formula is C19H27N3O3. The van der Waals surface area contributed by atoms with Gasteiger partial charge in [-0.3, -0.25) is 14.5 Å². The Morgan fingerprint density at radius 1 is 1.20 bits per heavy atom. The van der Waals surface area contributed by atoms with Crippen molar-refractivity contribution >= 4 is 23.2 Å². The molecule has 0 radical (unpaired) electrons. The van der Waals surface area contributed by atoms with Crippen LogP contribution in [0.3, 0.4) is 0 Å². The van der Waals surface area contributed by atoms with Gasteiger partial charge in [-0.2, -0.15) is 0 Å². The summed E-state index contributed by atoms with van der Waals surface area (Å²) in [6.07, 6.45) is 1.11. The molecule has 2 aliphatic heterocycles. The van der Waals surface area contributed by atoms with Crippen molar-refractivity contribution in [2.24, 2.45) is 0 Å². The molecule has 0 aliphatic carbocycles. The zero-order valence-corrected chi connectivity index (χ0v) is 15.4. The molecule has 0 unspecified atom stereocenters. The molecule has 3 atom stereocenters.